The van der Waals surface area contributed by atoms with Crippen LogP contribution in [0.1, 0.15) is 219 Å². The first-order chi connectivity index (χ1) is 23.6. The van der Waals surface area contributed by atoms with Gasteiger partial charge in [0.25, 0.3) is 0 Å². The molecule has 4 N–H and O–H groups in total. The number of amides is 1. The topological polar surface area (TPSA) is 89.8 Å². The molecule has 0 radical (unpaired) electrons. The summed E-state index contributed by atoms with van der Waals surface area (Å²) in [6.07, 6.45) is 46.4. The third-order valence-corrected chi connectivity index (χ3v) is 9.79. The summed E-state index contributed by atoms with van der Waals surface area (Å²) in [5.41, 5.74) is 0. The summed E-state index contributed by atoms with van der Waals surface area (Å²) >= 11 is 0. The molecule has 0 saturated carbocycles. The van der Waals surface area contributed by atoms with Crippen molar-refractivity contribution in [1.82, 2.24) is 5.32 Å². The zero-order chi connectivity index (χ0) is 35.2. The maximum atomic E-state index is 12.4. The molecular weight excluding hydrogens is 594 g/mol. The van der Waals surface area contributed by atoms with Crippen molar-refractivity contribution in [3.8, 4) is 0 Å². The van der Waals surface area contributed by atoms with Crippen LogP contribution in [0.2, 0.25) is 0 Å². The molecular formula is C43H83NO4. The van der Waals surface area contributed by atoms with Gasteiger partial charge in [0.1, 0.15) is 6.10 Å². The summed E-state index contributed by atoms with van der Waals surface area (Å²) in [4.78, 5) is 12.4. The standard InChI is InChI=1S/C43H83NO4/c1-3-5-7-9-11-13-15-17-18-19-20-21-22-23-24-26-28-30-32-34-36-38-42(47)43(48)44-40(39-45)41(46)37-35-33-31-29-27-25-16-14-12-10-8-6-4-2/h27,29,35,37,40-42,45-47H,3-26,28,30-34,36,38-39H2,1-2H3,(H,44,48)/b29-27+,37-35+. The van der Waals surface area contributed by atoms with Gasteiger partial charge < -0.3 is 20.6 Å². The Labute approximate surface area is 299 Å². The number of aliphatic hydroxyl groups excluding tert-OH is 3. The van der Waals surface area contributed by atoms with Crippen LogP contribution in [0.5, 0.6) is 0 Å². The highest BCUT2D eigenvalue weighted by atomic mass is 16.3. The highest BCUT2D eigenvalue weighted by Gasteiger charge is 2.22. The van der Waals surface area contributed by atoms with E-state index in [2.05, 4.69) is 31.3 Å². The normalized spacial score (nSPS) is 13.9. The van der Waals surface area contributed by atoms with Crippen molar-refractivity contribution in [1.29, 1.82) is 0 Å². The summed E-state index contributed by atoms with van der Waals surface area (Å²) in [5, 5.41) is 33.0. The third-order valence-electron chi connectivity index (χ3n) is 9.79. The molecule has 0 heterocycles. The molecule has 1 amide bonds. The molecule has 0 saturated heterocycles. The molecule has 284 valence electrons. The molecule has 0 aromatic rings. The Morgan fingerprint density at radius 3 is 1.27 bits per heavy atom. The van der Waals surface area contributed by atoms with Crippen LogP contribution in [0, 0.1) is 0 Å². The van der Waals surface area contributed by atoms with Gasteiger partial charge in [0.05, 0.1) is 18.8 Å². The molecule has 5 nitrogen and oxygen atoms in total. The first-order valence-corrected chi connectivity index (χ1v) is 21.2. The van der Waals surface area contributed by atoms with Crippen LogP contribution in [-0.2, 0) is 4.79 Å². The lowest BCUT2D eigenvalue weighted by Gasteiger charge is -2.21. The van der Waals surface area contributed by atoms with Crippen molar-refractivity contribution in [2.24, 2.45) is 0 Å². The minimum atomic E-state index is -1.10. The van der Waals surface area contributed by atoms with E-state index in [-0.39, 0.29) is 6.61 Å². The quantitative estimate of drug-likeness (QED) is 0.0387. The van der Waals surface area contributed by atoms with E-state index in [0.29, 0.717) is 6.42 Å². The lowest BCUT2D eigenvalue weighted by atomic mass is 10.0. The number of allylic oxidation sites excluding steroid dienone is 3. The number of hydrogen-bond donors (Lipinski definition) is 4. The molecule has 0 aliphatic heterocycles. The average Bonchev–Trinajstić information content (AvgIpc) is 3.09. The Bertz CT molecular complexity index is 709. The highest BCUT2D eigenvalue weighted by molar-refractivity contribution is 5.80. The average molecular weight is 678 g/mol. The highest BCUT2D eigenvalue weighted by Crippen LogP contribution is 2.16. The Hall–Kier alpha value is -1.17. The molecule has 0 spiro atoms. The van der Waals surface area contributed by atoms with Crippen molar-refractivity contribution in [3.63, 3.8) is 0 Å². The second-order valence-corrected chi connectivity index (χ2v) is 14.6. The molecule has 0 aliphatic rings. The Balaban J connectivity index is 3.66. The van der Waals surface area contributed by atoms with Crippen LogP contribution in [0.25, 0.3) is 0 Å². The monoisotopic (exact) mass is 678 g/mol. The maximum Gasteiger partial charge on any atom is 0.249 e. The van der Waals surface area contributed by atoms with Crippen LogP contribution in [0.3, 0.4) is 0 Å². The molecule has 0 aromatic carbocycles. The van der Waals surface area contributed by atoms with Crippen LogP contribution in [0.4, 0.5) is 0 Å². The number of hydrogen-bond acceptors (Lipinski definition) is 4. The van der Waals surface area contributed by atoms with E-state index in [0.717, 1.165) is 38.5 Å². The molecule has 48 heavy (non-hydrogen) atoms. The summed E-state index contributed by atoms with van der Waals surface area (Å²) < 4.78 is 0. The van der Waals surface area contributed by atoms with Crippen LogP contribution in [0.15, 0.2) is 24.3 Å². The summed E-state index contributed by atoms with van der Waals surface area (Å²) in [7, 11) is 0. The number of rotatable bonds is 38. The van der Waals surface area contributed by atoms with Gasteiger partial charge in [-0.1, -0.05) is 212 Å². The summed E-state index contributed by atoms with van der Waals surface area (Å²) in [6, 6.07) is -0.809. The van der Waals surface area contributed by atoms with Crippen molar-refractivity contribution in [2.75, 3.05) is 6.61 Å². The second kappa shape index (κ2) is 38.6. The molecule has 0 aliphatic carbocycles. The summed E-state index contributed by atoms with van der Waals surface area (Å²) in [5.74, 6) is -0.511. The molecule has 0 aromatic heterocycles. The van der Waals surface area contributed by atoms with Gasteiger partial charge in [-0.05, 0) is 32.1 Å². The third kappa shape index (κ3) is 33.3. The molecule has 0 rings (SSSR count). The van der Waals surface area contributed by atoms with Crippen molar-refractivity contribution < 1.29 is 20.1 Å². The molecule has 5 heteroatoms. The smallest absolute Gasteiger partial charge is 0.249 e. The van der Waals surface area contributed by atoms with E-state index >= 15 is 0 Å². The van der Waals surface area contributed by atoms with Gasteiger partial charge in [0, 0.05) is 0 Å². The number of carbonyl (C=O) groups excluding carboxylic acids is 1. The van der Waals surface area contributed by atoms with E-state index in [1.165, 1.54) is 161 Å². The first-order valence-electron chi connectivity index (χ1n) is 21.2. The van der Waals surface area contributed by atoms with Crippen LogP contribution in [-0.4, -0.2) is 46.1 Å². The zero-order valence-corrected chi connectivity index (χ0v) is 32.1. The van der Waals surface area contributed by atoms with Gasteiger partial charge in [-0.2, -0.15) is 0 Å². The molecule has 0 fully saturated rings. The summed E-state index contributed by atoms with van der Waals surface area (Å²) in [6.45, 7) is 4.16. The SMILES string of the molecule is CCCCCCCCC/C=C/CC/C=C/C(O)C(CO)NC(=O)C(O)CCCCCCCCCCCCCCCCCCCCCCC. The first kappa shape index (κ1) is 46.8. The zero-order valence-electron chi connectivity index (χ0n) is 32.1. The van der Waals surface area contributed by atoms with Gasteiger partial charge in [-0.3, -0.25) is 4.79 Å². The molecule has 0 bridgehead atoms. The fourth-order valence-corrected chi connectivity index (χ4v) is 6.44. The largest absolute Gasteiger partial charge is 0.394 e. The second-order valence-electron chi connectivity index (χ2n) is 14.6. The predicted octanol–water partition coefficient (Wildman–Crippen LogP) is 11.8. The Morgan fingerprint density at radius 1 is 0.500 bits per heavy atom. The molecule has 3 atom stereocenters. The van der Waals surface area contributed by atoms with E-state index < -0.39 is 24.2 Å². The number of carbonyl (C=O) groups is 1. The van der Waals surface area contributed by atoms with E-state index in [1.807, 2.05) is 6.08 Å². The fourth-order valence-electron chi connectivity index (χ4n) is 6.44. The number of aliphatic hydroxyl groups is 3. The lowest BCUT2D eigenvalue weighted by Crippen LogP contribution is -2.48. The van der Waals surface area contributed by atoms with Crippen LogP contribution < -0.4 is 5.32 Å². The van der Waals surface area contributed by atoms with Gasteiger partial charge in [-0.15, -0.1) is 0 Å². The number of nitrogens with one attached hydrogen (secondary N) is 1. The Kier molecular flexibility index (Phi) is 37.7. The number of unbranched alkanes of at least 4 members (excludes halogenated alkanes) is 28. The van der Waals surface area contributed by atoms with Gasteiger partial charge in [0.2, 0.25) is 5.91 Å². The van der Waals surface area contributed by atoms with E-state index in [9.17, 15) is 20.1 Å². The lowest BCUT2D eigenvalue weighted by molar-refractivity contribution is -0.131. The van der Waals surface area contributed by atoms with Gasteiger partial charge >= 0.3 is 0 Å². The Morgan fingerprint density at radius 2 is 0.854 bits per heavy atom. The van der Waals surface area contributed by atoms with Crippen molar-refractivity contribution in [2.45, 2.75) is 238 Å². The van der Waals surface area contributed by atoms with Crippen LogP contribution >= 0.6 is 0 Å². The van der Waals surface area contributed by atoms with Crippen molar-refractivity contribution in [3.05, 3.63) is 24.3 Å². The van der Waals surface area contributed by atoms with Crippen molar-refractivity contribution >= 4 is 5.91 Å². The molecule has 3 unspecified atom stereocenters. The fraction of sp³-hybridized carbons (Fsp3) is 0.884. The van der Waals surface area contributed by atoms with E-state index in [4.69, 9.17) is 0 Å². The maximum absolute atomic E-state index is 12.4. The predicted molar refractivity (Wildman–Crippen MR) is 208 cm³/mol. The van der Waals surface area contributed by atoms with Gasteiger partial charge in [0.15, 0.2) is 0 Å². The van der Waals surface area contributed by atoms with E-state index in [1.54, 1.807) is 6.08 Å². The minimum Gasteiger partial charge on any atom is -0.394 e. The van der Waals surface area contributed by atoms with Gasteiger partial charge in [-0.25, -0.2) is 0 Å². The minimum absolute atomic E-state index is 0.373.